The Hall–Kier alpha value is -2.08. The zero-order valence-corrected chi connectivity index (χ0v) is 13.1. The van der Waals surface area contributed by atoms with Crippen LogP contribution < -0.4 is 4.74 Å². The normalized spacial score (nSPS) is 17.5. The van der Waals surface area contributed by atoms with Crippen LogP contribution in [0.2, 0.25) is 5.15 Å². The molecule has 120 valence electrons. The van der Waals surface area contributed by atoms with E-state index in [4.69, 9.17) is 21.4 Å². The first-order chi connectivity index (χ1) is 11.1. The lowest BCUT2D eigenvalue weighted by Crippen LogP contribution is -2.21. The summed E-state index contributed by atoms with van der Waals surface area (Å²) < 4.78 is 7.62. The van der Waals surface area contributed by atoms with Crippen molar-refractivity contribution in [2.24, 2.45) is 11.8 Å². The third-order valence-corrected chi connectivity index (χ3v) is 4.58. The minimum absolute atomic E-state index is 0.0263. The van der Waals surface area contributed by atoms with Gasteiger partial charge in [0.25, 0.3) is 0 Å². The fourth-order valence-corrected chi connectivity index (χ4v) is 3.01. The molecule has 2 fully saturated rings. The largest absolute Gasteiger partial charge is 0.478 e. The van der Waals surface area contributed by atoms with Crippen LogP contribution >= 0.6 is 11.6 Å². The number of aromatic carboxylic acids is 1. The van der Waals surface area contributed by atoms with Crippen LogP contribution in [0.1, 0.15) is 36.0 Å². The predicted octanol–water partition coefficient (Wildman–Crippen LogP) is 3.19. The summed E-state index contributed by atoms with van der Waals surface area (Å²) in [4.78, 5) is 15.0. The van der Waals surface area contributed by atoms with E-state index in [1.807, 2.05) is 0 Å². The van der Waals surface area contributed by atoms with Gasteiger partial charge in [-0.05, 0) is 49.7 Å². The zero-order chi connectivity index (χ0) is 16.0. The molecule has 2 aliphatic carbocycles. The van der Waals surface area contributed by atoms with E-state index in [1.54, 1.807) is 23.0 Å². The fourth-order valence-electron chi connectivity index (χ4n) is 2.78. The van der Waals surface area contributed by atoms with Crippen molar-refractivity contribution in [3.8, 4) is 11.7 Å². The van der Waals surface area contributed by atoms with Crippen molar-refractivity contribution in [2.45, 2.75) is 31.8 Å². The summed E-state index contributed by atoms with van der Waals surface area (Å²) in [6.07, 6.45) is 7.01. The van der Waals surface area contributed by atoms with Gasteiger partial charge in [-0.25, -0.2) is 14.5 Å². The molecule has 0 aromatic carbocycles. The van der Waals surface area contributed by atoms with Gasteiger partial charge in [-0.3, -0.25) is 0 Å². The molecule has 0 atom stereocenters. The summed E-state index contributed by atoms with van der Waals surface area (Å²) >= 11 is 5.90. The molecule has 1 N–H and O–H groups in total. The van der Waals surface area contributed by atoms with Gasteiger partial charge in [0.05, 0.1) is 5.56 Å². The van der Waals surface area contributed by atoms with Crippen LogP contribution in [0.15, 0.2) is 24.4 Å². The maximum absolute atomic E-state index is 11.0. The Labute approximate surface area is 138 Å². The molecule has 0 aliphatic heterocycles. The van der Waals surface area contributed by atoms with E-state index in [-0.39, 0.29) is 16.8 Å². The molecule has 23 heavy (non-hydrogen) atoms. The second-order valence-corrected chi connectivity index (χ2v) is 6.53. The quantitative estimate of drug-likeness (QED) is 0.821. The standard InChI is InChI=1S/C16H16ClN3O3/c17-15-11(16(21)22)5-6-12(18-15)20-8-7-13(19-20)23-14(9-1-2-9)10-3-4-10/h5-10,14H,1-4H2,(H,21,22). The summed E-state index contributed by atoms with van der Waals surface area (Å²) in [5.74, 6) is 1.29. The third kappa shape index (κ3) is 3.03. The van der Waals surface area contributed by atoms with Crippen molar-refractivity contribution in [1.82, 2.24) is 14.8 Å². The van der Waals surface area contributed by atoms with E-state index in [0.717, 1.165) is 0 Å². The minimum Gasteiger partial charge on any atom is -0.478 e. The van der Waals surface area contributed by atoms with Crippen LogP contribution in [0.4, 0.5) is 0 Å². The maximum Gasteiger partial charge on any atom is 0.338 e. The van der Waals surface area contributed by atoms with E-state index < -0.39 is 5.97 Å². The molecular formula is C16H16ClN3O3. The van der Waals surface area contributed by atoms with Crippen molar-refractivity contribution in [3.05, 3.63) is 35.1 Å². The molecule has 2 aromatic rings. The molecule has 6 nitrogen and oxygen atoms in total. The van der Waals surface area contributed by atoms with Crippen molar-refractivity contribution >= 4 is 17.6 Å². The molecule has 0 unspecified atom stereocenters. The molecular weight excluding hydrogens is 318 g/mol. The Balaban J connectivity index is 1.53. The molecule has 0 bridgehead atoms. The molecule has 0 spiro atoms. The Morgan fingerprint density at radius 1 is 1.26 bits per heavy atom. The molecule has 4 rings (SSSR count). The van der Waals surface area contributed by atoms with E-state index in [1.165, 1.54) is 31.7 Å². The number of hydrogen-bond acceptors (Lipinski definition) is 4. The third-order valence-electron chi connectivity index (χ3n) is 4.29. The first kappa shape index (κ1) is 14.5. The number of aromatic nitrogens is 3. The summed E-state index contributed by atoms with van der Waals surface area (Å²) in [7, 11) is 0. The smallest absolute Gasteiger partial charge is 0.338 e. The molecule has 2 saturated carbocycles. The highest BCUT2D eigenvalue weighted by molar-refractivity contribution is 6.32. The van der Waals surface area contributed by atoms with Gasteiger partial charge in [-0.15, -0.1) is 5.10 Å². The first-order valence-electron chi connectivity index (χ1n) is 7.74. The molecule has 2 aromatic heterocycles. The van der Waals surface area contributed by atoms with Crippen molar-refractivity contribution in [2.75, 3.05) is 0 Å². The van der Waals surface area contributed by atoms with Crippen molar-refractivity contribution in [3.63, 3.8) is 0 Å². The summed E-state index contributed by atoms with van der Waals surface area (Å²) in [5, 5.41) is 13.3. The van der Waals surface area contributed by atoms with Gasteiger partial charge in [0.2, 0.25) is 5.88 Å². The Kier molecular flexibility index (Phi) is 3.49. The van der Waals surface area contributed by atoms with E-state index in [2.05, 4.69) is 10.1 Å². The van der Waals surface area contributed by atoms with Gasteiger partial charge in [0.1, 0.15) is 11.3 Å². The molecule has 0 saturated heterocycles. The second kappa shape index (κ2) is 5.53. The summed E-state index contributed by atoms with van der Waals surface area (Å²) in [6, 6.07) is 4.80. The average Bonchev–Trinajstić information content (AvgIpc) is 3.44. The number of halogens is 1. The molecule has 2 heterocycles. The average molecular weight is 334 g/mol. The predicted molar refractivity (Wildman–Crippen MR) is 83.2 cm³/mol. The van der Waals surface area contributed by atoms with Crippen molar-refractivity contribution < 1.29 is 14.6 Å². The highest BCUT2D eigenvalue weighted by Crippen LogP contribution is 2.46. The van der Waals surface area contributed by atoms with Crippen LogP contribution in [-0.4, -0.2) is 31.9 Å². The van der Waals surface area contributed by atoms with Crippen molar-refractivity contribution in [1.29, 1.82) is 0 Å². The fraction of sp³-hybridized carbons (Fsp3) is 0.438. The second-order valence-electron chi connectivity index (χ2n) is 6.17. The number of hydrogen-bond donors (Lipinski definition) is 1. The highest BCUT2D eigenvalue weighted by Gasteiger charge is 2.43. The van der Waals surface area contributed by atoms with Crippen LogP contribution in [0, 0.1) is 11.8 Å². The Morgan fingerprint density at radius 3 is 2.52 bits per heavy atom. The molecule has 2 aliphatic rings. The van der Waals surface area contributed by atoms with Gasteiger partial charge in [-0.2, -0.15) is 0 Å². The number of carbonyl (C=O) groups is 1. The number of carboxylic acids is 1. The summed E-state index contributed by atoms with van der Waals surface area (Å²) in [6.45, 7) is 0. The highest BCUT2D eigenvalue weighted by atomic mass is 35.5. The van der Waals surface area contributed by atoms with Gasteiger partial charge in [0.15, 0.2) is 5.82 Å². The van der Waals surface area contributed by atoms with E-state index in [0.29, 0.717) is 23.5 Å². The number of pyridine rings is 1. The zero-order valence-electron chi connectivity index (χ0n) is 12.4. The van der Waals surface area contributed by atoms with Gasteiger partial charge in [0, 0.05) is 12.3 Å². The maximum atomic E-state index is 11.0. The van der Waals surface area contributed by atoms with Crippen LogP contribution in [0.25, 0.3) is 5.82 Å². The van der Waals surface area contributed by atoms with Crippen LogP contribution in [0.5, 0.6) is 5.88 Å². The van der Waals surface area contributed by atoms with E-state index in [9.17, 15) is 4.79 Å². The van der Waals surface area contributed by atoms with Crippen LogP contribution in [-0.2, 0) is 0 Å². The first-order valence-corrected chi connectivity index (χ1v) is 8.12. The Bertz CT molecular complexity index is 741. The lowest BCUT2D eigenvalue weighted by atomic mass is 10.1. The number of rotatable bonds is 6. The Morgan fingerprint density at radius 2 is 1.96 bits per heavy atom. The molecule has 0 amide bonds. The van der Waals surface area contributed by atoms with Crippen LogP contribution in [0.3, 0.4) is 0 Å². The number of ether oxygens (including phenoxy) is 1. The molecule has 0 radical (unpaired) electrons. The molecule has 7 heteroatoms. The topological polar surface area (TPSA) is 77.2 Å². The number of carboxylic acid groups (broad SMARTS) is 1. The van der Waals surface area contributed by atoms with Gasteiger partial charge < -0.3 is 9.84 Å². The number of nitrogens with zero attached hydrogens (tertiary/aromatic N) is 3. The van der Waals surface area contributed by atoms with Gasteiger partial charge >= 0.3 is 5.97 Å². The van der Waals surface area contributed by atoms with E-state index >= 15 is 0 Å². The SMILES string of the molecule is O=C(O)c1ccc(-n2ccc(OC(C3CC3)C3CC3)n2)nc1Cl. The minimum atomic E-state index is -1.10. The van der Waals surface area contributed by atoms with Gasteiger partial charge in [-0.1, -0.05) is 11.6 Å². The lowest BCUT2D eigenvalue weighted by molar-refractivity contribution is 0.0696. The lowest BCUT2D eigenvalue weighted by Gasteiger charge is -2.15. The monoisotopic (exact) mass is 333 g/mol. The summed E-state index contributed by atoms with van der Waals surface area (Å²) in [5.41, 5.74) is -0.0263.